The lowest BCUT2D eigenvalue weighted by Crippen LogP contribution is -2.39. The highest BCUT2D eigenvalue weighted by Crippen LogP contribution is 2.33. The Labute approximate surface area is 202 Å². The number of fused-ring (bicyclic) bond motifs is 1. The van der Waals surface area contributed by atoms with Gasteiger partial charge in [-0.25, -0.2) is 9.79 Å². The number of aromatic hydroxyl groups is 1. The molecule has 2 aromatic carbocycles. The van der Waals surface area contributed by atoms with Crippen molar-refractivity contribution in [1.82, 2.24) is 4.57 Å². The van der Waals surface area contributed by atoms with E-state index in [4.69, 9.17) is 9.47 Å². The number of benzene rings is 2. The lowest BCUT2D eigenvalue weighted by atomic mass is 9.96. The van der Waals surface area contributed by atoms with Crippen molar-refractivity contribution in [3.63, 3.8) is 0 Å². The summed E-state index contributed by atoms with van der Waals surface area (Å²) < 4.78 is 13.1. The third-order valence-electron chi connectivity index (χ3n) is 5.22. The van der Waals surface area contributed by atoms with Crippen molar-refractivity contribution >= 4 is 39.3 Å². The maximum Gasteiger partial charge on any atom is 0.338 e. The molecular formula is C24H21BrN2O5S. The first-order valence-corrected chi connectivity index (χ1v) is 11.8. The summed E-state index contributed by atoms with van der Waals surface area (Å²) in [4.78, 5) is 31.5. The highest BCUT2D eigenvalue weighted by atomic mass is 79.9. The number of esters is 1. The number of carbonyl (C=O) groups is 1. The highest BCUT2D eigenvalue weighted by molar-refractivity contribution is 9.10. The Morgan fingerprint density at radius 1 is 1.30 bits per heavy atom. The second-order valence-electron chi connectivity index (χ2n) is 7.26. The molecule has 0 fully saturated rings. The van der Waals surface area contributed by atoms with Gasteiger partial charge in [-0.3, -0.25) is 9.36 Å². The Hall–Kier alpha value is -3.17. The summed E-state index contributed by atoms with van der Waals surface area (Å²) >= 11 is 4.65. The van der Waals surface area contributed by atoms with E-state index in [2.05, 4.69) is 20.9 Å². The molecule has 1 atom stereocenters. The Morgan fingerprint density at radius 3 is 2.70 bits per heavy atom. The number of carbonyl (C=O) groups excluding carboxylic acids is 1. The molecule has 0 bridgehead atoms. The number of aromatic nitrogens is 1. The molecule has 33 heavy (non-hydrogen) atoms. The normalized spacial score (nSPS) is 15.8. The van der Waals surface area contributed by atoms with Crippen molar-refractivity contribution in [3.8, 4) is 11.5 Å². The SMILES string of the molecule is CCOC(=O)C1=C(C)N=c2s/c(=C/c3cc(OC)c(O)cc3Br)c(=O)n2[C@@H]1c1ccccc1. The molecule has 0 spiro atoms. The second-order valence-corrected chi connectivity index (χ2v) is 9.12. The molecule has 1 N–H and O–H groups in total. The van der Waals surface area contributed by atoms with Crippen LogP contribution >= 0.6 is 27.3 Å². The van der Waals surface area contributed by atoms with E-state index in [1.165, 1.54) is 29.1 Å². The van der Waals surface area contributed by atoms with Crippen molar-refractivity contribution in [2.24, 2.45) is 4.99 Å². The molecule has 0 saturated heterocycles. The van der Waals surface area contributed by atoms with Gasteiger partial charge in [-0.2, -0.15) is 0 Å². The average molecular weight is 529 g/mol. The molecule has 2 heterocycles. The van der Waals surface area contributed by atoms with Crippen LogP contribution in [0.2, 0.25) is 0 Å². The Morgan fingerprint density at radius 2 is 2.03 bits per heavy atom. The number of hydrogen-bond donors (Lipinski definition) is 1. The van der Waals surface area contributed by atoms with Crippen molar-refractivity contribution in [1.29, 1.82) is 0 Å². The van der Waals surface area contributed by atoms with Crippen LogP contribution in [0.15, 0.2) is 68.0 Å². The van der Waals surface area contributed by atoms with Crippen LogP contribution in [0.4, 0.5) is 0 Å². The number of thiazole rings is 1. The van der Waals surface area contributed by atoms with Gasteiger partial charge >= 0.3 is 5.97 Å². The van der Waals surface area contributed by atoms with E-state index in [-0.39, 0.29) is 17.9 Å². The smallest absolute Gasteiger partial charge is 0.338 e. The molecule has 0 unspecified atom stereocenters. The standard InChI is InChI=1S/C24H21BrN2O5S/c1-4-32-23(30)20-13(2)26-24-27(21(20)14-8-6-5-7-9-14)22(29)19(33-24)11-15-10-18(31-3)17(28)12-16(15)25/h5-12,21,28H,4H2,1-3H3/b19-11+/t21-/m1/s1. The Balaban J connectivity index is 1.96. The fourth-order valence-corrected chi connectivity index (χ4v) is 5.20. The number of methoxy groups -OCH3 is 1. The lowest BCUT2D eigenvalue weighted by molar-refractivity contribution is -0.139. The van der Waals surface area contributed by atoms with Gasteiger partial charge in [0.15, 0.2) is 16.3 Å². The maximum atomic E-state index is 13.6. The van der Waals surface area contributed by atoms with Crippen LogP contribution in [0, 0.1) is 0 Å². The van der Waals surface area contributed by atoms with Crippen LogP contribution < -0.4 is 19.6 Å². The van der Waals surface area contributed by atoms with E-state index in [9.17, 15) is 14.7 Å². The molecule has 1 aliphatic heterocycles. The molecule has 170 valence electrons. The molecule has 7 nitrogen and oxygen atoms in total. The second kappa shape index (κ2) is 9.36. The number of ether oxygens (including phenoxy) is 2. The first kappa shape index (κ1) is 23.0. The number of rotatable bonds is 5. The van der Waals surface area contributed by atoms with Crippen LogP contribution in [-0.4, -0.2) is 29.4 Å². The van der Waals surface area contributed by atoms with Crippen LogP contribution in [0.5, 0.6) is 11.5 Å². The maximum absolute atomic E-state index is 13.6. The Bertz CT molecular complexity index is 1440. The molecule has 0 aliphatic carbocycles. The van der Waals surface area contributed by atoms with Crippen molar-refractivity contribution in [3.05, 3.63) is 89.0 Å². The zero-order valence-electron chi connectivity index (χ0n) is 18.2. The summed E-state index contributed by atoms with van der Waals surface area (Å²) in [6.45, 7) is 3.71. The minimum Gasteiger partial charge on any atom is -0.504 e. The number of phenols is 1. The minimum atomic E-state index is -0.651. The van der Waals surface area contributed by atoms with Crippen LogP contribution in [0.25, 0.3) is 6.08 Å². The molecule has 1 aromatic heterocycles. The summed E-state index contributed by atoms with van der Waals surface area (Å²) in [5.74, 6) is -0.213. The summed E-state index contributed by atoms with van der Waals surface area (Å²) in [6, 6.07) is 11.9. The van der Waals surface area contributed by atoms with Gasteiger partial charge in [0.1, 0.15) is 0 Å². The zero-order valence-corrected chi connectivity index (χ0v) is 20.6. The topological polar surface area (TPSA) is 90.1 Å². The van der Waals surface area contributed by atoms with Crippen LogP contribution in [-0.2, 0) is 9.53 Å². The third-order valence-corrected chi connectivity index (χ3v) is 6.89. The van der Waals surface area contributed by atoms with E-state index < -0.39 is 12.0 Å². The molecule has 0 saturated carbocycles. The zero-order chi connectivity index (χ0) is 23.7. The summed E-state index contributed by atoms with van der Waals surface area (Å²) in [5, 5.41) is 9.99. The van der Waals surface area contributed by atoms with Crippen LogP contribution in [0.1, 0.15) is 31.0 Å². The average Bonchev–Trinajstić information content (AvgIpc) is 3.09. The molecule has 4 rings (SSSR count). The fraction of sp³-hybridized carbons (Fsp3) is 0.208. The number of nitrogens with zero attached hydrogens (tertiary/aromatic N) is 2. The number of hydrogen-bond acceptors (Lipinski definition) is 7. The molecule has 1 aliphatic rings. The van der Waals surface area contributed by atoms with E-state index >= 15 is 0 Å². The van der Waals surface area contributed by atoms with Gasteiger partial charge in [0.25, 0.3) is 5.56 Å². The van der Waals surface area contributed by atoms with Gasteiger partial charge < -0.3 is 14.6 Å². The first-order valence-electron chi connectivity index (χ1n) is 10.2. The van der Waals surface area contributed by atoms with Crippen LogP contribution in [0.3, 0.4) is 0 Å². The van der Waals surface area contributed by atoms with Crippen molar-refractivity contribution in [2.45, 2.75) is 19.9 Å². The number of allylic oxidation sites excluding steroid dienone is 1. The van der Waals surface area contributed by atoms with Gasteiger partial charge in [0.2, 0.25) is 0 Å². The summed E-state index contributed by atoms with van der Waals surface area (Å²) in [6.07, 6.45) is 1.71. The largest absolute Gasteiger partial charge is 0.504 e. The summed E-state index contributed by atoms with van der Waals surface area (Å²) in [7, 11) is 1.46. The van der Waals surface area contributed by atoms with Gasteiger partial charge in [0.05, 0.1) is 35.6 Å². The van der Waals surface area contributed by atoms with E-state index in [1.807, 2.05) is 30.3 Å². The molecule has 9 heteroatoms. The van der Waals surface area contributed by atoms with Gasteiger partial charge in [0, 0.05) is 4.47 Å². The van der Waals surface area contributed by atoms with E-state index in [0.717, 1.165) is 5.56 Å². The fourth-order valence-electron chi connectivity index (χ4n) is 3.72. The molecule has 0 amide bonds. The number of halogens is 1. The van der Waals surface area contributed by atoms with Gasteiger partial charge in [-0.1, -0.05) is 57.6 Å². The van der Waals surface area contributed by atoms with Gasteiger partial charge in [-0.05, 0) is 43.2 Å². The molecular weight excluding hydrogens is 508 g/mol. The summed E-state index contributed by atoms with van der Waals surface area (Å²) in [5.41, 5.74) is 2.03. The van der Waals surface area contributed by atoms with Crippen molar-refractivity contribution in [2.75, 3.05) is 13.7 Å². The first-order chi connectivity index (χ1) is 15.8. The van der Waals surface area contributed by atoms with E-state index in [0.29, 0.717) is 36.4 Å². The predicted molar refractivity (Wildman–Crippen MR) is 129 cm³/mol. The minimum absolute atomic E-state index is 0.0123. The van der Waals surface area contributed by atoms with E-state index in [1.54, 1.807) is 26.0 Å². The number of phenolic OH excluding ortho intramolecular Hbond substituents is 1. The molecule has 0 radical (unpaired) electrons. The lowest BCUT2D eigenvalue weighted by Gasteiger charge is -2.24. The third kappa shape index (κ3) is 4.26. The quantitative estimate of drug-likeness (QED) is 0.513. The Kier molecular flexibility index (Phi) is 6.53. The van der Waals surface area contributed by atoms with Crippen molar-refractivity contribution < 1.29 is 19.4 Å². The predicted octanol–water partition coefficient (Wildman–Crippen LogP) is 3.28. The highest BCUT2D eigenvalue weighted by Gasteiger charge is 2.33. The monoisotopic (exact) mass is 528 g/mol. The van der Waals surface area contributed by atoms with Gasteiger partial charge in [-0.15, -0.1) is 0 Å². The molecule has 3 aromatic rings.